The zero-order valence-corrected chi connectivity index (χ0v) is 19.4. The van der Waals surface area contributed by atoms with Gasteiger partial charge in [-0.2, -0.15) is 0 Å². The van der Waals surface area contributed by atoms with Crippen LogP contribution in [0.1, 0.15) is 75.8 Å². The second-order valence-corrected chi connectivity index (χ2v) is 9.31. The van der Waals surface area contributed by atoms with Crippen LogP contribution in [0.15, 0.2) is 24.3 Å². The van der Waals surface area contributed by atoms with Crippen molar-refractivity contribution in [3.8, 4) is 0 Å². The number of ether oxygens (including phenoxy) is 1. The minimum Gasteiger partial charge on any atom is -0.382 e. The summed E-state index contributed by atoms with van der Waals surface area (Å²) in [6.07, 6.45) is 8.76. The van der Waals surface area contributed by atoms with Crippen LogP contribution in [0.3, 0.4) is 0 Å². The largest absolute Gasteiger partial charge is 0.382 e. The highest BCUT2D eigenvalue weighted by molar-refractivity contribution is 6.01. The molecule has 0 bridgehead atoms. The van der Waals surface area contributed by atoms with E-state index in [9.17, 15) is 9.59 Å². The highest BCUT2D eigenvalue weighted by Gasteiger charge is 2.48. The van der Waals surface area contributed by atoms with Crippen molar-refractivity contribution < 1.29 is 14.3 Å². The van der Waals surface area contributed by atoms with E-state index in [-0.39, 0.29) is 17.9 Å². The molecule has 0 saturated heterocycles. The standard InChI is InChI=1S/C25H36N4O3/c1-3-32-17-11-16-29-23(30)22-27-20-14-9-10-15-21(20)28(22)18-25(29,2)24(31)26-19-12-7-5-4-6-8-13-19/h9-10,14-15,19H,3-8,11-13,16-18H2,1-2H3,(H,26,31)/t25-/m0/s1. The molecular formula is C25H36N4O3. The molecule has 174 valence electrons. The smallest absolute Gasteiger partial charge is 0.290 e. The molecule has 2 aliphatic rings. The Labute approximate surface area is 190 Å². The van der Waals surface area contributed by atoms with E-state index >= 15 is 0 Å². The molecular weight excluding hydrogens is 404 g/mol. The van der Waals surface area contributed by atoms with Crippen LogP contribution in [-0.4, -0.2) is 57.6 Å². The number of benzene rings is 1. The van der Waals surface area contributed by atoms with E-state index in [1.54, 1.807) is 4.90 Å². The van der Waals surface area contributed by atoms with Gasteiger partial charge in [-0.05, 0) is 45.2 Å². The molecule has 0 unspecified atom stereocenters. The van der Waals surface area contributed by atoms with Crippen LogP contribution in [0, 0.1) is 0 Å². The Morgan fingerprint density at radius 3 is 2.66 bits per heavy atom. The number of imidazole rings is 1. The molecule has 2 heterocycles. The monoisotopic (exact) mass is 440 g/mol. The van der Waals surface area contributed by atoms with E-state index < -0.39 is 5.54 Å². The molecule has 1 saturated carbocycles. The van der Waals surface area contributed by atoms with Crippen molar-refractivity contribution in [3.05, 3.63) is 30.1 Å². The number of nitrogens with one attached hydrogen (secondary N) is 1. The normalized spacial score (nSPS) is 22.4. The Morgan fingerprint density at radius 2 is 1.91 bits per heavy atom. The minimum absolute atomic E-state index is 0.0590. The Balaban J connectivity index is 1.62. The molecule has 1 aliphatic carbocycles. The Bertz CT molecular complexity index is 948. The van der Waals surface area contributed by atoms with Crippen molar-refractivity contribution in [1.82, 2.24) is 19.8 Å². The summed E-state index contributed by atoms with van der Waals surface area (Å²) in [6.45, 7) is 5.95. The van der Waals surface area contributed by atoms with Gasteiger partial charge in [0.1, 0.15) is 5.54 Å². The van der Waals surface area contributed by atoms with Crippen molar-refractivity contribution in [1.29, 1.82) is 0 Å². The number of amides is 2. The molecule has 2 aromatic rings. The summed E-state index contributed by atoms with van der Waals surface area (Å²) < 4.78 is 7.42. The number of fused-ring (bicyclic) bond motifs is 3. The highest BCUT2D eigenvalue weighted by Crippen LogP contribution is 2.31. The molecule has 1 fully saturated rings. The Kier molecular flexibility index (Phi) is 7.13. The summed E-state index contributed by atoms with van der Waals surface area (Å²) in [5, 5.41) is 3.32. The second kappa shape index (κ2) is 10.0. The summed E-state index contributed by atoms with van der Waals surface area (Å²) in [5.41, 5.74) is 0.715. The SMILES string of the molecule is CCOCCCN1C(=O)c2nc3ccccc3n2C[C@@]1(C)C(=O)NC1CCCCCCC1. The average molecular weight is 441 g/mol. The summed E-state index contributed by atoms with van der Waals surface area (Å²) in [4.78, 5) is 33.6. The van der Waals surface area contributed by atoms with Crippen LogP contribution in [0.25, 0.3) is 11.0 Å². The van der Waals surface area contributed by atoms with E-state index in [2.05, 4.69) is 10.3 Å². The van der Waals surface area contributed by atoms with Gasteiger partial charge < -0.3 is 19.5 Å². The summed E-state index contributed by atoms with van der Waals surface area (Å²) in [7, 11) is 0. The maximum absolute atomic E-state index is 13.7. The number of aromatic nitrogens is 2. The van der Waals surface area contributed by atoms with Crippen molar-refractivity contribution >= 4 is 22.8 Å². The first-order chi connectivity index (χ1) is 15.5. The van der Waals surface area contributed by atoms with Gasteiger partial charge in [0.25, 0.3) is 5.91 Å². The molecule has 1 N–H and O–H groups in total. The fraction of sp³-hybridized carbons (Fsp3) is 0.640. The zero-order valence-electron chi connectivity index (χ0n) is 19.4. The van der Waals surface area contributed by atoms with Gasteiger partial charge in [0.15, 0.2) is 5.82 Å². The van der Waals surface area contributed by atoms with Crippen LogP contribution in [0.2, 0.25) is 0 Å². The van der Waals surface area contributed by atoms with Crippen LogP contribution in [0.5, 0.6) is 0 Å². The molecule has 1 aliphatic heterocycles. The number of hydrogen-bond donors (Lipinski definition) is 1. The third kappa shape index (κ3) is 4.53. The van der Waals surface area contributed by atoms with Gasteiger partial charge >= 0.3 is 0 Å². The quantitative estimate of drug-likeness (QED) is 0.663. The molecule has 32 heavy (non-hydrogen) atoms. The molecule has 1 aromatic carbocycles. The Morgan fingerprint density at radius 1 is 1.19 bits per heavy atom. The van der Waals surface area contributed by atoms with E-state index in [0.717, 1.165) is 36.7 Å². The van der Waals surface area contributed by atoms with Crippen molar-refractivity contribution in [2.45, 2.75) is 83.3 Å². The van der Waals surface area contributed by atoms with E-state index in [1.807, 2.05) is 42.7 Å². The molecule has 4 rings (SSSR count). The van der Waals surface area contributed by atoms with E-state index in [1.165, 1.54) is 19.3 Å². The average Bonchev–Trinajstić information content (AvgIpc) is 3.13. The summed E-state index contributed by atoms with van der Waals surface area (Å²) in [6, 6.07) is 7.94. The van der Waals surface area contributed by atoms with Gasteiger partial charge in [-0.15, -0.1) is 0 Å². The molecule has 1 atom stereocenters. The number of carbonyl (C=O) groups excluding carboxylic acids is 2. The van der Waals surface area contributed by atoms with Gasteiger partial charge in [-0.3, -0.25) is 9.59 Å². The number of hydrogen-bond acceptors (Lipinski definition) is 4. The topological polar surface area (TPSA) is 76.5 Å². The first-order valence-electron chi connectivity index (χ1n) is 12.2. The molecule has 2 amide bonds. The molecule has 0 spiro atoms. The summed E-state index contributed by atoms with van der Waals surface area (Å²) in [5.74, 6) is 0.175. The first kappa shape index (κ1) is 22.8. The minimum atomic E-state index is -0.970. The fourth-order valence-corrected chi connectivity index (χ4v) is 5.09. The molecule has 1 aromatic heterocycles. The first-order valence-corrected chi connectivity index (χ1v) is 12.2. The van der Waals surface area contributed by atoms with Gasteiger partial charge in [0.05, 0.1) is 17.6 Å². The third-order valence-corrected chi connectivity index (χ3v) is 6.96. The predicted octanol–water partition coefficient (Wildman–Crippen LogP) is 3.91. The van der Waals surface area contributed by atoms with Crippen LogP contribution < -0.4 is 5.32 Å². The lowest BCUT2D eigenvalue weighted by atomic mass is 9.92. The molecule has 7 nitrogen and oxygen atoms in total. The van der Waals surface area contributed by atoms with Crippen LogP contribution >= 0.6 is 0 Å². The second-order valence-electron chi connectivity index (χ2n) is 9.31. The number of nitrogens with zero attached hydrogens (tertiary/aromatic N) is 3. The molecule has 7 heteroatoms. The Hall–Kier alpha value is -2.41. The molecule has 0 radical (unpaired) electrons. The van der Waals surface area contributed by atoms with Gasteiger partial charge in [0.2, 0.25) is 5.91 Å². The van der Waals surface area contributed by atoms with E-state index in [0.29, 0.717) is 38.5 Å². The number of rotatable bonds is 7. The van der Waals surface area contributed by atoms with E-state index in [4.69, 9.17) is 4.74 Å². The lowest BCUT2D eigenvalue weighted by Crippen LogP contribution is -2.65. The van der Waals surface area contributed by atoms with Gasteiger partial charge in [0, 0.05) is 25.8 Å². The van der Waals surface area contributed by atoms with Crippen molar-refractivity contribution in [3.63, 3.8) is 0 Å². The van der Waals surface area contributed by atoms with Crippen molar-refractivity contribution in [2.75, 3.05) is 19.8 Å². The maximum Gasteiger partial charge on any atom is 0.290 e. The number of carbonyl (C=O) groups is 2. The lowest BCUT2D eigenvalue weighted by Gasteiger charge is -2.44. The fourth-order valence-electron chi connectivity index (χ4n) is 5.09. The number of para-hydroxylation sites is 2. The maximum atomic E-state index is 13.7. The van der Waals surface area contributed by atoms with Crippen molar-refractivity contribution in [2.24, 2.45) is 0 Å². The lowest BCUT2D eigenvalue weighted by molar-refractivity contribution is -0.133. The van der Waals surface area contributed by atoms with Gasteiger partial charge in [-0.1, -0.05) is 44.2 Å². The highest BCUT2D eigenvalue weighted by atomic mass is 16.5. The predicted molar refractivity (Wildman–Crippen MR) is 125 cm³/mol. The van der Waals surface area contributed by atoms with Crippen LogP contribution in [0.4, 0.5) is 0 Å². The van der Waals surface area contributed by atoms with Gasteiger partial charge in [-0.25, -0.2) is 4.98 Å². The summed E-state index contributed by atoms with van der Waals surface area (Å²) >= 11 is 0. The zero-order chi connectivity index (χ0) is 22.6. The van der Waals surface area contributed by atoms with Crippen LogP contribution in [-0.2, 0) is 16.1 Å². The third-order valence-electron chi connectivity index (χ3n) is 6.96.